The van der Waals surface area contributed by atoms with Crippen LogP contribution in [0, 0.1) is 0 Å². The number of benzene rings is 10. The van der Waals surface area contributed by atoms with Crippen molar-refractivity contribution in [3.8, 4) is 39.1 Å². The van der Waals surface area contributed by atoms with Gasteiger partial charge in [-0.25, -0.2) is 0 Å². The van der Waals surface area contributed by atoms with E-state index in [1.807, 2.05) is 0 Å². The zero-order valence-electron chi connectivity index (χ0n) is 33.3. The molecule has 0 saturated heterocycles. The standard InChI is InChI=1S/C59H38N2/c1-3-18-40(19-4-1)45-35-36-51-50-26-12-16-30-56(50)61(42-21-5-2-6-22-42)58(51)57(45)60(43-32-31-39-17-7-8-20-41(39)37-43)44-33-34-49-48-25-11-15-29-54(48)59(55(49)38-44)52-27-13-9-23-46(52)47-24-10-14-28-53(47)59/h1-38H. The van der Waals surface area contributed by atoms with Gasteiger partial charge >= 0.3 is 0 Å². The Balaban J connectivity index is 1.19. The maximum absolute atomic E-state index is 2.55. The summed E-state index contributed by atoms with van der Waals surface area (Å²) in [6.45, 7) is 0. The Hall–Kier alpha value is -7.94. The van der Waals surface area contributed by atoms with Gasteiger partial charge in [-0.05, 0) is 103 Å². The molecule has 0 radical (unpaired) electrons. The molecule has 2 heteroatoms. The van der Waals surface area contributed by atoms with Crippen LogP contribution in [0.3, 0.4) is 0 Å². The monoisotopic (exact) mass is 774 g/mol. The highest BCUT2D eigenvalue weighted by atomic mass is 15.2. The number of nitrogens with zero attached hydrogens (tertiary/aromatic N) is 2. The van der Waals surface area contributed by atoms with E-state index in [-0.39, 0.29) is 0 Å². The summed E-state index contributed by atoms with van der Waals surface area (Å²) in [5, 5.41) is 4.85. The highest BCUT2D eigenvalue weighted by Crippen LogP contribution is 2.63. The van der Waals surface area contributed by atoms with Gasteiger partial charge in [-0.2, -0.15) is 0 Å². The van der Waals surface area contributed by atoms with Crippen LogP contribution in [0.15, 0.2) is 231 Å². The average molecular weight is 775 g/mol. The minimum Gasteiger partial charge on any atom is -0.308 e. The maximum atomic E-state index is 2.55. The van der Waals surface area contributed by atoms with Gasteiger partial charge in [0.2, 0.25) is 0 Å². The second-order valence-electron chi connectivity index (χ2n) is 16.4. The molecule has 1 spiro atoms. The predicted octanol–water partition coefficient (Wildman–Crippen LogP) is 15.4. The Morgan fingerprint density at radius 1 is 0.344 bits per heavy atom. The Labute approximate surface area is 354 Å². The van der Waals surface area contributed by atoms with Crippen molar-refractivity contribution in [3.63, 3.8) is 0 Å². The number of fused-ring (bicyclic) bond motifs is 14. The maximum Gasteiger partial charge on any atom is 0.0788 e. The van der Waals surface area contributed by atoms with Crippen LogP contribution in [0.2, 0.25) is 0 Å². The van der Waals surface area contributed by atoms with Crippen LogP contribution in [0.5, 0.6) is 0 Å². The van der Waals surface area contributed by atoms with Crippen molar-refractivity contribution in [3.05, 3.63) is 253 Å². The molecule has 10 aromatic carbocycles. The van der Waals surface area contributed by atoms with E-state index >= 15 is 0 Å². The second kappa shape index (κ2) is 13.0. The van der Waals surface area contributed by atoms with E-state index in [1.54, 1.807) is 0 Å². The van der Waals surface area contributed by atoms with Crippen LogP contribution >= 0.6 is 0 Å². The van der Waals surface area contributed by atoms with E-state index in [1.165, 1.54) is 77.1 Å². The molecule has 1 heterocycles. The minimum atomic E-state index is -0.475. The molecule has 0 bridgehead atoms. The topological polar surface area (TPSA) is 8.17 Å². The number of rotatable bonds is 5. The summed E-state index contributed by atoms with van der Waals surface area (Å²) >= 11 is 0. The van der Waals surface area contributed by atoms with Crippen molar-refractivity contribution < 1.29 is 0 Å². The molecule has 61 heavy (non-hydrogen) atoms. The van der Waals surface area contributed by atoms with Gasteiger partial charge in [-0.1, -0.05) is 188 Å². The van der Waals surface area contributed by atoms with Gasteiger partial charge in [0.15, 0.2) is 0 Å². The first kappa shape index (κ1) is 34.0. The zero-order valence-corrected chi connectivity index (χ0v) is 33.3. The Morgan fingerprint density at radius 3 is 1.57 bits per heavy atom. The molecule has 0 N–H and O–H groups in total. The lowest BCUT2D eigenvalue weighted by atomic mass is 9.70. The lowest BCUT2D eigenvalue weighted by molar-refractivity contribution is 0.793. The largest absolute Gasteiger partial charge is 0.308 e. The molecule has 0 saturated carbocycles. The summed E-state index contributed by atoms with van der Waals surface area (Å²) in [5.41, 5.74) is 19.2. The van der Waals surface area contributed by atoms with Crippen LogP contribution in [0.4, 0.5) is 17.1 Å². The van der Waals surface area contributed by atoms with Crippen molar-refractivity contribution in [1.29, 1.82) is 0 Å². The minimum absolute atomic E-state index is 0.475. The molecule has 0 atom stereocenters. The molecule has 284 valence electrons. The van der Waals surface area contributed by atoms with Gasteiger partial charge in [-0.15, -0.1) is 0 Å². The number of aromatic nitrogens is 1. The Kier molecular flexibility index (Phi) is 7.26. The molecule has 1 aromatic heterocycles. The van der Waals surface area contributed by atoms with Crippen LogP contribution < -0.4 is 4.90 Å². The van der Waals surface area contributed by atoms with E-state index in [2.05, 4.69) is 240 Å². The summed E-state index contributed by atoms with van der Waals surface area (Å²) < 4.78 is 2.48. The molecule has 0 aliphatic heterocycles. The molecular formula is C59H38N2. The highest BCUT2D eigenvalue weighted by Gasteiger charge is 2.51. The molecule has 2 aliphatic carbocycles. The third kappa shape index (κ3) is 4.73. The Morgan fingerprint density at radius 2 is 0.869 bits per heavy atom. The van der Waals surface area contributed by atoms with Gasteiger partial charge in [-0.3, -0.25) is 0 Å². The number of hydrogen-bond donors (Lipinski definition) is 0. The third-order valence-corrected chi connectivity index (χ3v) is 13.4. The van der Waals surface area contributed by atoms with Crippen LogP contribution in [-0.4, -0.2) is 4.57 Å². The smallest absolute Gasteiger partial charge is 0.0788 e. The zero-order chi connectivity index (χ0) is 40.1. The van der Waals surface area contributed by atoms with Crippen LogP contribution in [-0.2, 0) is 5.41 Å². The molecule has 0 unspecified atom stereocenters. The highest BCUT2D eigenvalue weighted by molar-refractivity contribution is 6.17. The number of hydrogen-bond acceptors (Lipinski definition) is 1. The van der Waals surface area contributed by atoms with Crippen molar-refractivity contribution in [2.75, 3.05) is 4.90 Å². The van der Waals surface area contributed by atoms with Crippen LogP contribution in [0.25, 0.3) is 71.6 Å². The van der Waals surface area contributed by atoms with E-state index in [9.17, 15) is 0 Å². The summed E-state index contributed by atoms with van der Waals surface area (Å²) in [4.78, 5) is 2.55. The fraction of sp³-hybridized carbons (Fsp3) is 0.0169. The van der Waals surface area contributed by atoms with Crippen LogP contribution in [0.1, 0.15) is 22.3 Å². The van der Waals surface area contributed by atoms with E-state index in [0.29, 0.717) is 0 Å². The van der Waals surface area contributed by atoms with Crippen molar-refractivity contribution in [2.45, 2.75) is 5.41 Å². The first-order chi connectivity index (χ1) is 30.3. The van der Waals surface area contributed by atoms with E-state index in [4.69, 9.17) is 0 Å². The van der Waals surface area contributed by atoms with E-state index in [0.717, 1.165) is 33.8 Å². The van der Waals surface area contributed by atoms with Crippen molar-refractivity contribution >= 4 is 49.6 Å². The SMILES string of the molecule is c1ccc(-c2ccc3c4ccccc4n(-c4ccccc4)c3c2N(c2ccc3c(c2)C2(c4ccccc4-c4ccccc42)c2ccccc2-3)c2ccc3ccccc3c2)cc1. The van der Waals surface area contributed by atoms with Gasteiger partial charge in [0.1, 0.15) is 0 Å². The van der Waals surface area contributed by atoms with Gasteiger partial charge in [0, 0.05) is 33.4 Å². The lowest BCUT2D eigenvalue weighted by Crippen LogP contribution is -2.26. The fourth-order valence-corrected chi connectivity index (χ4v) is 10.9. The molecule has 2 nitrogen and oxygen atoms in total. The first-order valence-corrected chi connectivity index (χ1v) is 21.2. The van der Waals surface area contributed by atoms with Crippen molar-refractivity contribution in [2.24, 2.45) is 0 Å². The Bertz CT molecular complexity index is 3480. The molecule has 0 amide bonds. The van der Waals surface area contributed by atoms with E-state index < -0.39 is 5.41 Å². The third-order valence-electron chi connectivity index (χ3n) is 13.4. The van der Waals surface area contributed by atoms with Gasteiger partial charge in [0.25, 0.3) is 0 Å². The first-order valence-electron chi connectivity index (χ1n) is 21.2. The average Bonchev–Trinajstić information content (AvgIpc) is 3.94. The number of para-hydroxylation sites is 2. The number of anilines is 3. The molecule has 2 aliphatic rings. The summed E-state index contributed by atoms with van der Waals surface area (Å²) in [6.07, 6.45) is 0. The summed E-state index contributed by atoms with van der Waals surface area (Å²) in [5.74, 6) is 0. The lowest BCUT2D eigenvalue weighted by Gasteiger charge is -2.33. The van der Waals surface area contributed by atoms with Crippen molar-refractivity contribution in [1.82, 2.24) is 4.57 Å². The quantitative estimate of drug-likeness (QED) is 0.169. The van der Waals surface area contributed by atoms with Gasteiger partial charge in [0.05, 0.1) is 22.1 Å². The summed E-state index contributed by atoms with van der Waals surface area (Å²) in [7, 11) is 0. The summed E-state index contributed by atoms with van der Waals surface area (Å²) in [6, 6.07) is 85.5. The molecule has 0 fully saturated rings. The van der Waals surface area contributed by atoms with Gasteiger partial charge < -0.3 is 9.47 Å². The fourth-order valence-electron chi connectivity index (χ4n) is 10.9. The molecular weight excluding hydrogens is 737 g/mol. The predicted molar refractivity (Wildman–Crippen MR) is 255 cm³/mol. The second-order valence-corrected chi connectivity index (χ2v) is 16.4. The molecule has 11 aromatic rings. The normalized spacial score (nSPS) is 13.0. The molecule has 13 rings (SSSR count).